The van der Waals surface area contributed by atoms with Gasteiger partial charge in [-0.2, -0.15) is 0 Å². The van der Waals surface area contributed by atoms with Crippen molar-refractivity contribution in [3.63, 3.8) is 0 Å². The lowest BCUT2D eigenvalue weighted by molar-refractivity contribution is 0.129. The van der Waals surface area contributed by atoms with Crippen molar-refractivity contribution in [3.8, 4) is 5.75 Å². The van der Waals surface area contributed by atoms with E-state index in [0.29, 0.717) is 18.8 Å². The zero-order chi connectivity index (χ0) is 18.6. The van der Waals surface area contributed by atoms with Crippen molar-refractivity contribution in [2.24, 2.45) is 0 Å². The van der Waals surface area contributed by atoms with Gasteiger partial charge in [0.2, 0.25) is 0 Å². The highest BCUT2D eigenvalue weighted by Crippen LogP contribution is 2.28. The van der Waals surface area contributed by atoms with Crippen LogP contribution in [0.25, 0.3) is 0 Å². The highest BCUT2D eigenvalue weighted by Gasteiger charge is 2.33. The van der Waals surface area contributed by atoms with Gasteiger partial charge in [0.25, 0.3) is 0 Å². The molecule has 1 amide bonds. The molecule has 1 atom stereocenters. The monoisotopic (exact) mass is 368 g/mol. The van der Waals surface area contributed by atoms with E-state index >= 15 is 0 Å². The molecule has 1 aliphatic rings. The van der Waals surface area contributed by atoms with Crippen molar-refractivity contribution in [2.75, 3.05) is 11.4 Å². The molecule has 0 saturated carbocycles. The third kappa shape index (κ3) is 3.89. The van der Waals surface area contributed by atoms with Crippen LogP contribution in [0.1, 0.15) is 5.56 Å². The van der Waals surface area contributed by atoms with Crippen molar-refractivity contribution >= 4 is 11.8 Å². The zero-order valence-electron chi connectivity index (χ0n) is 14.4. The second-order valence-corrected chi connectivity index (χ2v) is 6.13. The van der Waals surface area contributed by atoms with Crippen LogP contribution in [0.2, 0.25) is 0 Å². The average Bonchev–Trinajstić information content (AvgIpc) is 3.31. The van der Waals surface area contributed by atoms with Crippen LogP contribution in [-0.4, -0.2) is 33.7 Å². The molecule has 0 bridgehead atoms. The molecule has 1 saturated heterocycles. The van der Waals surface area contributed by atoms with Gasteiger partial charge >= 0.3 is 6.09 Å². The molecule has 4 rings (SSSR count). The Morgan fingerprint density at radius 1 is 1.22 bits per heavy atom. The summed E-state index contributed by atoms with van der Waals surface area (Å²) in [5.74, 6) is -0.398. The number of amides is 1. The first-order valence-electron chi connectivity index (χ1n) is 8.47. The fourth-order valence-corrected chi connectivity index (χ4v) is 2.88. The van der Waals surface area contributed by atoms with Gasteiger partial charge in [0.05, 0.1) is 25.0 Å². The Kier molecular flexibility index (Phi) is 4.69. The third-order valence-corrected chi connectivity index (χ3v) is 4.20. The van der Waals surface area contributed by atoms with Crippen LogP contribution in [0, 0.1) is 5.82 Å². The Morgan fingerprint density at radius 3 is 2.81 bits per heavy atom. The molecule has 3 aromatic rings. The Hall–Kier alpha value is -3.42. The number of nitrogens with zero attached hydrogens (tertiary/aromatic N) is 4. The molecule has 7 nitrogen and oxygen atoms in total. The van der Waals surface area contributed by atoms with Gasteiger partial charge in [0.1, 0.15) is 12.7 Å². The molecule has 1 fully saturated rings. The molecular weight excluding hydrogens is 351 g/mol. The van der Waals surface area contributed by atoms with Crippen LogP contribution < -0.4 is 9.64 Å². The predicted octanol–water partition coefficient (Wildman–Crippen LogP) is 3.02. The van der Waals surface area contributed by atoms with E-state index in [1.165, 1.54) is 17.0 Å². The van der Waals surface area contributed by atoms with Crippen molar-refractivity contribution in [3.05, 3.63) is 72.3 Å². The Bertz CT molecular complexity index is 918. The molecule has 0 unspecified atom stereocenters. The lowest BCUT2D eigenvalue weighted by Gasteiger charge is -2.15. The molecule has 2 aromatic carbocycles. The summed E-state index contributed by atoms with van der Waals surface area (Å²) in [6.45, 7) is 0.966. The summed E-state index contributed by atoms with van der Waals surface area (Å²) in [4.78, 5) is 13.5. The Balaban J connectivity index is 1.41. The van der Waals surface area contributed by atoms with Crippen LogP contribution in [0.15, 0.2) is 60.9 Å². The van der Waals surface area contributed by atoms with Gasteiger partial charge in [-0.3, -0.25) is 4.90 Å². The van der Waals surface area contributed by atoms with Gasteiger partial charge in [0, 0.05) is 12.3 Å². The highest BCUT2D eigenvalue weighted by molar-refractivity contribution is 5.89. The number of carbonyl (C=O) groups is 1. The van der Waals surface area contributed by atoms with Gasteiger partial charge < -0.3 is 9.47 Å². The smallest absolute Gasteiger partial charge is 0.414 e. The fourth-order valence-electron chi connectivity index (χ4n) is 2.88. The number of benzene rings is 2. The van der Waals surface area contributed by atoms with Gasteiger partial charge in [-0.25, -0.2) is 13.9 Å². The predicted molar refractivity (Wildman–Crippen MR) is 94.8 cm³/mol. The molecule has 0 aliphatic carbocycles. The Labute approximate surface area is 154 Å². The van der Waals surface area contributed by atoms with Crippen molar-refractivity contribution < 1.29 is 18.7 Å². The first-order chi connectivity index (χ1) is 13.2. The second kappa shape index (κ2) is 7.45. The van der Waals surface area contributed by atoms with Crippen LogP contribution in [0.3, 0.4) is 0 Å². The minimum absolute atomic E-state index is 0.134. The third-order valence-electron chi connectivity index (χ3n) is 4.20. The highest BCUT2D eigenvalue weighted by atomic mass is 19.1. The summed E-state index contributed by atoms with van der Waals surface area (Å²) >= 11 is 0. The van der Waals surface area contributed by atoms with Crippen molar-refractivity contribution in [1.29, 1.82) is 0 Å². The summed E-state index contributed by atoms with van der Waals surface area (Å²) in [7, 11) is 0. The van der Waals surface area contributed by atoms with Gasteiger partial charge in [-0.05, 0) is 17.7 Å². The summed E-state index contributed by atoms with van der Waals surface area (Å²) in [6.07, 6.45) is 2.35. The van der Waals surface area contributed by atoms with E-state index in [9.17, 15) is 9.18 Å². The van der Waals surface area contributed by atoms with Crippen LogP contribution in [0.5, 0.6) is 5.75 Å². The molecule has 27 heavy (non-hydrogen) atoms. The number of halogens is 1. The lowest BCUT2D eigenvalue weighted by atomic mass is 10.2. The molecule has 1 aliphatic heterocycles. The first-order valence-corrected chi connectivity index (χ1v) is 8.47. The fraction of sp³-hybridized carbons (Fsp3) is 0.211. The van der Waals surface area contributed by atoms with Crippen LogP contribution in [-0.2, 0) is 17.9 Å². The standard InChI is InChI=1S/C19H17FN4O3/c20-17-10-15(6-7-18(17)26-13-14-4-2-1-3-5-14)24-12-16(27-19(24)25)11-23-9-8-21-22-23/h1-10,16H,11-13H2/t16-/m1/s1. The molecule has 8 heteroatoms. The summed E-state index contributed by atoms with van der Waals surface area (Å²) in [5.41, 5.74) is 1.37. The minimum Gasteiger partial charge on any atom is -0.486 e. The van der Waals surface area contributed by atoms with E-state index in [0.717, 1.165) is 5.56 Å². The number of hydrogen-bond donors (Lipinski definition) is 0. The summed E-state index contributed by atoms with van der Waals surface area (Å²) in [6, 6.07) is 13.9. The van der Waals surface area contributed by atoms with E-state index in [2.05, 4.69) is 10.3 Å². The molecule has 138 valence electrons. The Morgan fingerprint density at radius 2 is 2.07 bits per heavy atom. The molecular formula is C19H17FN4O3. The summed E-state index contributed by atoms with van der Waals surface area (Å²) < 4.78 is 26.8. The van der Waals surface area contributed by atoms with Crippen molar-refractivity contribution in [2.45, 2.75) is 19.3 Å². The maximum atomic E-state index is 14.4. The van der Waals surface area contributed by atoms with Crippen LogP contribution in [0.4, 0.5) is 14.9 Å². The van der Waals surface area contributed by atoms with Gasteiger partial charge in [-0.1, -0.05) is 35.5 Å². The van der Waals surface area contributed by atoms with Crippen LogP contribution >= 0.6 is 0 Å². The molecule has 0 spiro atoms. The number of anilines is 1. The topological polar surface area (TPSA) is 69.5 Å². The maximum Gasteiger partial charge on any atom is 0.414 e. The van der Waals surface area contributed by atoms with Crippen molar-refractivity contribution in [1.82, 2.24) is 15.0 Å². The van der Waals surface area contributed by atoms with E-state index < -0.39 is 11.9 Å². The number of hydrogen-bond acceptors (Lipinski definition) is 5. The molecule has 2 heterocycles. The van der Waals surface area contributed by atoms with Gasteiger partial charge in [-0.15, -0.1) is 5.10 Å². The normalized spacial score (nSPS) is 16.4. The number of rotatable bonds is 6. The number of ether oxygens (including phenoxy) is 2. The number of cyclic esters (lactones) is 1. The van der Waals surface area contributed by atoms with E-state index in [1.807, 2.05) is 30.3 Å². The SMILES string of the molecule is O=C1O[C@H](Cn2ccnn2)CN1c1ccc(OCc2ccccc2)c(F)c1. The largest absolute Gasteiger partial charge is 0.486 e. The minimum atomic E-state index is -0.532. The number of aromatic nitrogens is 3. The maximum absolute atomic E-state index is 14.4. The summed E-state index contributed by atoms with van der Waals surface area (Å²) in [5, 5.41) is 7.57. The quantitative estimate of drug-likeness (QED) is 0.669. The second-order valence-electron chi connectivity index (χ2n) is 6.13. The average molecular weight is 368 g/mol. The molecule has 1 aromatic heterocycles. The molecule has 0 radical (unpaired) electrons. The van der Waals surface area contributed by atoms with Gasteiger partial charge in [0.15, 0.2) is 11.6 Å². The lowest BCUT2D eigenvalue weighted by Crippen LogP contribution is -2.26. The van der Waals surface area contributed by atoms with E-state index in [4.69, 9.17) is 9.47 Å². The van der Waals surface area contributed by atoms with E-state index in [1.54, 1.807) is 23.1 Å². The first kappa shape index (κ1) is 17.0. The zero-order valence-corrected chi connectivity index (χ0v) is 14.4. The molecule has 0 N–H and O–H groups in total. The van der Waals surface area contributed by atoms with E-state index in [-0.39, 0.29) is 18.5 Å². The number of carbonyl (C=O) groups excluding carboxylic acids is 1.